The predicted octanol–water partition coefficient (Wildman–Crippen LogP) is 4.76. The van der Waals surface area contributed by atoms with E-state index in [9.17, 15) is 8.42 Å². The van der Waals surface area contributed by atoms with Gasteiger partial charge in [0.05, 0.1) is 10.2 Å². The molecule has 2 aromatic carbocycles. The molecule has 3 N–H and O–H groups in total. The van der Waals surface area contributed by atoms with E-state index in [0.717, 1.165) is 5.69 Å². The Hall–Kier alpha value is -2.49. The zero-order valence-electron chi connectivity index (χ0n) is 16.3. The van der Waals surface area contributed by atoms with Gasteiger partial charge in [0, 0.05) is 11.9 Å². The first-order valence-electron chi connectivity index (χ1n) is 8.99. The Morgan fingerprint density at radius 1 is 1.03 bits per heavy atom. The second-order valence-corrected chi connectivity index (χ2v) is 9.33. The third-order valence-corrected chi connectivity index (χ3v) is 6.30. The van der Waals surface area contributed by atoms with Crippen LogP contribution in [0.1, 0.15) is 25.3 Å². The summed E-state index contributed by atoms with van der Waals surface area (Å²) >= 11 is 3.42. The summed E-state index contributed by atoms with van der Waals surface area (Å²) < 4.78 is 27.5. The molecule has 1 heterocycles. The van der Waals surface area contributed by atoms with Crippen molar-refractivity contribution in [2.45, 2.75) is 24.7 Å². The zero-order valence-corrected chi connectivity index (χ0v) is 18.7. The highest BCUT2D eigenvalue weighted by Crippen LogP contribution is 2.29. The Kier molecular flexibility index (Phi) is 6.51. The second-order valence-electron chi connectivity index (χ2n) is 6.62. The van der Waals surface area contributed by atoms with E-state index in [4.69, 9.17) is 0 Å². The van der Waals surface area contributed by atoms with E-state index in [2.05, 4.69) is 67.2 Å². The normalized spacial score (nSPS) is 11.5. The summed E-state index contributed by atoms with van der Waals surface area (Å²) in [4.78, 5) is 8.92. The van der Waals surface area contributed by atoms with E-state index >= 15 is 0 Å². The maximum atomic E-state index is 12.3. The maximum Gasteiger partial charge on any atom is 0.242 e. The van der Waals surface area contributed by atoms with Crippen molar-refractivity contribution in [1.82, 2.24) is 14.7 Å². The number of rotatable bonds is 7. The maximum absolute atomic E-state index is 12.3. The average Bonchev–Trinajstić information content (AvgIpc) is 2.71. The molecule has 0 spiro atoms. The quantitative estimate of drug-likeness (QED) is 0.455. The van der Waals surface area contributed by atoms with Gasteiger partial charge in [-0.15, -0.1) is 0 Å². The van der Waals surface area contributed by atoms with Gasteiger partial charge >= 0.3 is 0 Å². The molecule has 3 aromatic rings. The summed E-state index contributed by atoms with van der Waals surface area (Å²) in [6, 6.07) is 14.7. The van der Waals surface area contributed by atoms with E-state index in [-0.39, 0.29) is 4.90 Å². The lowest BCUT2D eigenvalue weighted by Gasteiger charge is -2.14. The van der Waals surface area contributed by atoms with E-state index in [1.54, 1.807) is 24.4 Å². The number of benzene rings is 2. The first kappa shape index (κ1) is 21.2. The molecule has 9 heteroatoms. The molecule has 152 valence electrons. The van der Waals surface area contributed by atoms with Crippen LogP contribution in [0.2, 0.25) is 0 Å². The summed E-state index contributed by atoms with van der Waals surface area (Å²) in [7, 11) is -2.25. The van der Waals surface area contributed by atoms with Crippen molar-refractivity contribution < 1.29 is 8.42 Å². The molecular formula is C20H22BrN5O2S. The summed E-state index contributed by atoms with van der Waals surface area (Å²) in [5.74, 6) is 1.25. The van der Waals surface area contributed by atoms with Crippen LogP contribution in [-0.4, -0.2) is 25.4 Å². The molecule has 0 aliphatic heterocycles. The Labute approximate surface area is 179 Å². The lowest BCUT2D eigenvalue weighted by Crippen LogP contribution is -2.19. The fourth-order valence-electron chi connectivity index (χ4n) is 2.66. The van der Waals surface area contributed by atoms with Crippen LogP contribution in [0, 0.1) is 0 Å². The largest absolute Gasteiger partial charge is 0.338 e. The molecular weight excluding hydrogens is 454 g/mol. The number of halogens is 1. The predicted molar refractivity (Wildman–Crippen MR) is 120 cm³/mol. The molecule has 0 fully saturated rings. The van der Waals surface area contributed by atoms with E-state index in [1.165, 1.54) is 18.7 Å². The topological polar surface area (TPSA) is 96.0 Å². The number of hydrogen-bond donors (Lipinski definition) is 3. The molecule has 0 atom stereocenters. The van der Waals surface area contributed by atoms with Crippen molar-refractivity contribution in [3.05, 3.63) is 64.8 Å². The minimum Gasteiger partial charge on any atom is -0.338 e. The van der Waals surface area contributed by atoms with Crippen molar-refractivity contribution >= 4 is 49.1 Å². The van der Waals surface area contributed by atoms with Crippen LogP contribution in [0.4, 0.5) is 23.1 Å². The van der Waals surface area contributed by atoms with Crippen LogP contribution in [0.5, 0.6) is 0 Å². The van der Waals surface area contributed by atoms with Crippen LogP contribution < -0.4 is 15.4 Å². The van der Waals surface area contributed by atoms with Crippen molar-refractivity contribution in [2.75, 3.05) is 17.7 Å². The van der Waals surface area contributed by atoms with Gasteiger partial charge in [-0.05, 0) is 58.7 Å². The van der Waals surface area contributed by atoms with Gasteiger partial charge in [0.15, 0.2) is 0 Å². The first-order chi connectivity index (χ1) is 13.8. The number of nitrogens with zero attached hydrogens (tertiary/aromatic N) is 2. The molecule has 0 amide bonds. The molecule has 0 unspecified atom stereocenters. The molecule has 29 heavy (non-hydrogen) atoms. The highest BCUT2D eigenvalue weighted by atomic mass is 79.9. The van der Waals surface area contributed by atoms with Gasteiger partial charge in [0.25, 0.3) is 0 Å². The fourth-order valence-corrected chi connectivity index (χ4v) is 3.84. The van der Waals surface area contributed by atoms with Crippen LogP contribution in [0.3, 0.4) is 0 Å². The number of sulfonamides is 1. The van der Waals surface area contributed by atoms with Crippen LogP contribution in [0.15, 0.2) is 64.1 Å². The number of anilines is 4. The summed E-state index contributed by atoms with van der Waals surface area (Å²) in [6.07, 6.45) is 1.61. The minimum absolute atomic E-state index is 0.132. The van der Waals surface area contributed by atoms with Gasteiger partial charge in [-0.3, -0.25) is 0 Å². The van der Waals surface area contributed by atoms with Gasteiger partial charge < -0.3 is 10.6 Å². The van der Waals surface area contributed by atoms with Crippen molar-refractivity contribution in [3.63, 3.8) is 0 Å². The third kappa shape index (κ3) is 5.11. The lowest BCUT2D eigenvalue weighted by atomic mass is 10.0. The van der Waals surface area contributed by atoms with Crippen molar-refractivity contribution in [3.8, 4) is 0 Å². The minimum atomic E-state index is -3.62. The second kappa shape index (κ2) is 8.89. The highest BCUT2D eigenvalue weighted by Gasteiger charge is 2.17. The standard InChI is InChI=1S/C20H22BrN5O2S/c1-13(2)14-7-6-8-15(11-14)24-20-23-12-16(21)19(26-20)25-17-9-4-5-10-18(17)29(27,28)22-3/h4-13,22H,1-3H3,(H2,23,24,25,26). The van der Waals surface area contributed by atoms with Crippen LogP contribution in [0.25, 0.3) is 0 Å². The van der Waals surface area contributed by atoms with Crippen molar-refractivity contribution in [2.24, 2.45) is 0 Å². The Morgan fingerprint density at radius 2 is 1.79 bits per heavy atom. The number of aromatic nitrogens is 2. The summed E-state index contributed by atoms with van der Waals surface area (Å²) in [6.45, 7) is 4.27. The van der Waals surface area contributed by atoms with Crippen molar-refractivity contribution in [1.29, 1.82) is 0 Å². The van der Waals surface area contributed by atoms with E-state index in [0.29, 0.717) is 27.8 Å². The van der Waals surface area contributed by atoms with Gasteiger partial charge in [0.2, 0.25) is 16.0 Å². The van der Waals surface area contributed by atoms with Gasteiger partial charge in [-0.25, -0.2) is 18.1 Å². The fraction of sp³-hybridized carbons (Fsp3) is 0.200. The summed E-state index contributed by atoms with van der Waals surface area (Å²) in [5, 5.41) is 6.27. The zero-order chi connectivity index (χ0) is 21.0. The van der Waals surface area contributed by atoms with Gasteiger partial charge in [-0.2, -0.15) is 4.98 Å². The Balaban J connectivity index is 1.91. The molecule has 0 aliphatic rings. The first-order valence-corrected chi connectivity index (χ1v) is 11.3. The van der Waals surface area contributed by atoms with Crippen LogP contribution >= 0.6 is 15.9 Å². The highest BCUT2D eigenvalue weighted by molar-refractivity contribution is 9.10. The molecule has 3 rings (SSSR count). The van der Waals surface area contributed by atoms with Gasteiger partial charge in [-0.1, -0.05) is 38.1 Å². The lowest BCUT2D eigenvalue weighted by molar-refractivity contribution is 0.588. The van der Waals surface area contributed by atoms with Crippen LogP contribution in [-0.2, 0) is 10.0 Å². The number of nitrogens with one attached hydrogen (secondary N) is 3. The Morgan fingerprint density at radius 3 is 2.52 bits per heavy atom. The molecule has 0 saturated heterocycles. The average molecular weight is 476 g/mol. The third-order valence-electron chi connectivity index (χ3n) is 4.25. The molecule has 0 bridgehead atoms. The SMILES string of the molecule is CNS(=O)(=O)c1ccccc1Nc1nc(Nc2cccc(C(C)C)c2)ncc1Br. The van der Waals surface area contributed by atoms with Gasteiger partial charge in [0.1, 0.15) is 10.7 Å². The summed E-state index contributed by atoms with van der Waals surface area (Å²) in [5.41, 5.74) is 2.49. The molecule has 1 aromatic heterocycles. The molecule has 7 nitrogen and oxygen atoms in total. The molecule has 0 radical (unpaired) electrons. The van der Waals surface area contributed by atoms with E-state index in [1.807, 2.05) is 12.1 Å². The Bertz CT molecular complexity index is 1120. The number of hydrogen-bond acceptors (Lipinski definition) is 6. The number of para-hydroxylation sites is 1. The monoisotopic (exact) mass is 475 g/mol. The molecule has 0 aliphatic carbocycles. The smallest absolute Gasteiger partial charge is 0.242 e. The van der Waals surface area contributed by atoms with E-state index < -0.39 is 10.0 Å². The molecule has 0 saturated carbocycles.